The van der Waals surface area contributed by atoms with Gasteiger partial charge in [0.25, 0.3) is 0 Å². The zero-order valence-electron chi connectivity index (χ0n) is 13.7. The quantitative estimate of drug-likeness (QED) is 0.647. The predicted octanol–water partition coefficient (Wildman–Crippen LogP) is 3.21. The normalized spacial score (nSPS) is 13.0. The van der Waals surface area contributed by atoms with Crippen molar-refractivity contribution in [3.05, 3.63) is 54.1 Å². The van der Waals surface area contributed by atoms with Gasteiger partial charge in [-0.3, -0.25) is 9.59 Å². The van der Waals surface area contributed by atoms with E-state index in [2.05, 4.69) is 10.6 Å². The molecule has 0 aromatic heterocycles. The Kier molecular flexibility index (Phi) is 4.79. The lowest BCUT2D eigenvalue weighted by Crippen LogP contribution is -2.13. The van der Waals surface area contributed by atoms with Crippen LogP contribution in [0.1, 0.15) is 30.1 Å². The highest BCUT2D eigenvalue weighted by atomic mass is 16.5. The van der Waals surface area contributed by atoms with Gasteiger partial charge in [0, 0.05) is 24.2 Å². The van der Waals surface area contributed by atoms with Gasteiger partial charge in [0.05, 0.1) is 5.56 Å². The van der Waals surface area contributed by atoms with Crippen molar-refractivity contribution < 1.29 is 19.1 Å². The van der Waals surface area contributed by atoms with Gasteiger partial charge in [-0.2, -0.15) is 0 Å². The number of carbonyl (C=O) groups is 3. The van der Waals surface area contributed by atoms with Gasteiger partial charge < -0.3 is 15.4 Å². The largest absolute Gasteiger partial charge is 0.423 e. The molecule has 0 unspecified atom stereocenters. The summed E-state index contributed by atoms with van der Waals surface area (Å²) in [6, 6.07) is 13.1. The summed E-state index contributed by atoms with van der Waals surface area (Å²) in [4.78, 5) is 34.8. The Bertz CT molecular complexity index is 793. The summed E-state index contributed by atoms with van der Waals surface area (Å²) in [5.74, 6) is -0.129. The molecule has 0 saturated heterocycles. The highest BCUT2D eigenvalue weighted by Crippen LogP contribution is 2.30. The van der Waals surface area contributed by atoms with Crippen molar-refractivity contribution in [2.24, 2.45) is 5.92 Å². The molecule has 0 bridgehead atoms. The first-order valence-corrected chi connectivity index (χ1v) is 8.02. The maximum Gasteiger partial charge on any atom is 0.343 e. The Morgan fingerprint density at radius 2 is 1.44 bits per heavy atom. The molecule has 1 fully saturated rings. The number of carbonyl (C=O) groups excluding carboxylic acids is 3. The van der Waals surface area contributed by atoms with Crippen molar-refractivity contribution in [2.75, 3.05) is 10.6 Å². The van der Waals surface area contributed by atoms with Crippen LogP contribution >= 0.6 is 0 Å². The van der Waals surface area contributed by atoms with E-state index in [1.807, 2.05) is 0 Å². The van der Waals surface area contributed by atoms with Gasteiger partial charge in [-0.25, -0.2) is 4.79 Å². The molecule has 6 nitrogen and oxygen atoms in total. The van der Waals surface area contributed by atoms with Crippen LogP contribution in [-0.2, 0) is 9.59 Å². The SMILES string of the molecule is CC(=O)Nc1ccc(OC(=O)c2ccc(NC(=O)C3CC3)cc2)cc1. The second kappa shape index (κ2) is 7.17. The molecule has 1 aliphatic carbocycles. The molecular weight excluding hydrogens is 320 g/mol. The van der Waals surface area contributed by atoms with Crippen LogP contribution in [0.2, 0.25) is 0 Å². The topological polar surface area (TPSA) is 84.5 Å². The number of benzene rings is 2. The van der Waals surface area contributed by atoms with Crippen LogP contribution in [0.15, 0.2) is 48.5 Å². The molecule has 0 radical (unpaired) electrons. The number of hydrogen-bond donors (Lipinski definition) is 2. The van der Waals surface area contributed by atoms with Crippen LogP contribution in [-0.4, -0.2) is 17.8 Å². The molecule has 2 amide bonds. The molecule has 3 rings (SSSR count). The van der Waals surface area contributed by atoms with E-state index in [9.17, 15) is 14.4 Å². The number of ether oxygens (including phenoxy) is 1. The standard InChI is InChI=1S/C19H18N2O4/c1-12(22)20-15-8-10-17(11-9-15)25-19(24)14-4-6-16(7-5-14)21-18(23)13-2-3-13/h4-11,13H,2-3H2,1H3,(H,20,22)(H,21,23). The van der Waals surface area contributed by atoms with Gasteiger partial charge in [0.1, 0.15) is 5.75 Å². The van der Waals surface area contributed by atoms with Crippen molar-refractivity contribution in [2.45, 2.75) is 19.8 Å². The zero-order chi connectivity index (χ0) is 17.8. The average molecular weight is 338 g/mol. The van der Waals surface area contributed by atoms with Crippen LogP contribution in [0.25, 0.3) is 0 Å². The third-order valence-corrected chi connectivity index (χ3v) is 3.72. The molecule has 1 saturated carbocycles. The molecule has 2 N–H and O–H groups in total. The van der Waals surface area contributed by atoms with E-state index in [0.29, 0.717) is 22.7 Å². The Labute approximate surface area is 145 Å². The summed E-state index contributed by atoms with van der Waals surface area (Å²) in [6.07, 6.45) is 1.88. The van der Waals surface area contributed by atoms with E-state index in [0.717, 1.165) is 12.8 Å². The van der Waals surface area contributed by atoms with Crippen molar-refractivity contribution in [3.8, 4) is 5.75 Å². The monoisotopic (exact) mass is 338 g/mol. The summed E-state index contributed by atoms with van der Waals surface area (Å²) >= 11 is 0. The fourth-order valence-electron chi connectivity index (χ4n) is 2.26. The number of esters is 1. The number of hydrogen-bond acceptors (Lipinski definition) is 4. The molecular formula is C19H18N2O4. The van der Waals surface area contributed by atoms with Crippen LogP contribution in [0.3, 0.4) is 0 Å². The van der Waals surface area contributed by atoms with Crippen molar-refractivity contribution in [1.29, 1.82) is 0 Å². The zero-order valence-corrected chi connectivity index (χ0v) is 13.7. The van der Waals surface area contributed by atoms with Crippen LogP contribution < -0.4 is 15.4 Å². The van der Waals surface area contributed by atoms with Crippen LogP contribution in [0.5, 0.6) is 5.75 Å². The number of rotatable bonds is 5. The van der Waals surface area contributed by atoms with Gasteiger partial charge >= 0.3 is 5.97 Å². The van der Waals surface area contributed by atoms with E-state index in [4.69, 9.17) is 4.74 Å². The van der Waals surface area contributed by atoms with E-state index >= 15 is 0 Å². The maximum atomic E-state index is 12.1. The molecule has 1 aliphatic rings. The third kappa shape index (κ3) is 4.67. The molecule has 0 heterocycles. The van der Waals surface area contributed by atoms with E-state index in [-0.39, 0.29) is 17.7 Å². The molecule has 0 atom stereocenters. The number of amides is 2. The number of anilines is 2. The summed E-state index contributed by atoms with van der Waals surface area (Å²) in [5.41, 5.74) is 1.67. The minimum absolute atomic E-state index is 0.0228. The maximum absolute atomic E-state index is 12.1. The smallest absolute Gasteiger partial charge is 0.343 e. The van der Waals surface area contributed by atoms with Gasteiger partial charge in [-0.05, 0) is 61.4 Å². The fraction of sp³-hybridized carbons (Fsp3) is 0.211. The Morgan fingerprint density at radius 1 is 0.880 bits per heavy atom. The molecule has 25 heavy (non-hydrogen) atoms. The summed E-state index contributed by atoms with van der Waals surface area (Å²) < 4.78 is 5.29. The Morgan fingerprint density at radius 3 is 2.00 bits per heavy atom. The lowest BCUT2D eigenvalue weighted by atomic mass is 10.2. The Balaban J connectivity index is 1.58. The molecule has 0 spiro atoms. The first kappa shape index (κ1) is 16.7. The van der Waals surface area contributed by atoms with E-state index in [1.54, 1.807) is 48.5 Å². The van der Waals surface area contributed by atoms with Gasteiger partial charge in [0.15, 0.2) is 0 Å². The minimum Gasteiger partial charge on any atom is -0.423 e. The average Bonchev–Trinajstić information content (AvgIpc) is 3.42. The van der Waals surface area contributed by atoms with Crippen LogP contribution in [0, 0.1) is 5.92 Å². The van der Waals surface area contributed by atoms with E-state index < -0.39 is 5.97 Å². The molecule has 128 valence electrons. The lowest BCUT2D eigenvalue weighted by Gasteiger charge is -2.07. The van der Waals surface area contributed by atoms with E-state index in [1.165, 1.54) is 6.92 Å². The second-order valence-corrected chi connectivity index (χ2v) is 5.94. The van der Waals surface area contributed by atoms with Crippen molar-refractivity contribution in [1.82, 2.24) is 0 Å². The highest BCUT2D eigenvalue weighted by molar-refractivity contribution is 5.95. The molecule has 2 aromatic carbocycles. The second-order valence-electron chi connectivity index (χ2n) is 5.94. The predicted molar refractivity (Wildman–Crippen MR) is 93.5 cm³/mol. The van der Waals surface area contributed by atoms with Gasteiger partial charge in [-0.1, -0.05) is 0 Å². The van der Waals surface area contributed by atoms with Gasteiger partial charge in [0.2, 0.25) is 11.8 Å². The Hall–Kier alpha value is -3.15. The molecule has 2 aromatic rings. The first-order valence-electron chi connectivity index (χ1n) is 8.02. The minimum atomic E-state index is -0.493. The van der Waals surface area contributed by atoms with Gasteiger partial charge in [-0.15, -0.1) is 0 Å². The third-order valence-electron chi connectivity index (χ3n) is 3.72. The first-order chi connectivity index (χ1) is 12.0. The van der Waals surface area contributed by atoms with Crippen molar-refractivity contribution >= 4 is 29.2 Å². The van der Waals surface area contributed by atoms with Crippen molar-refractivity contribution in [3.63, 3.8) is 0 Å². The lowest BCUT2D eigenvalue weighted by molar-refractivity contribution is -0.117. The molecule has 6 heteroatoms. The van der Waals surface area contributed by atoms with Crippen LogP contribution in [0.4, 0.5) is 11.4 Å². The summed E-state index contributed by atoms with van der Waals surface area (Å²) in [6.45, 7) is 1.42. The number of nitrogens with one attached hydrogen (secondary N) is 2. The summed E-state index contributed by atoms with van der Waals surface area (Å²) in [7, 11) is 0. The molecule has 0 aliphatic heterocycles. The summed E-state index contributed by atoms with van der Waals surface area (Å²) in [5, 5.41) is 5.45. The highest BCUT2D eigenvalue weighted by Gasteiger charge is 2.29. The fourth-order valence-corrected chi connectivity index (χ4v) is 2.26.